The molecular weight excluding hydrogens is 304 g/mol. The molecule has 0 spiro atoms. The molecule has 0 bridgehead atoms. The maximum atomic E-state index is 4.26. The number of H-pyrrole nitrogens is 1. The number of nitrogens with one attached hydrogen (secondary N) is 1. The zero-order chi connectivity index (χ0) is 17.7. The van der Waals surface area contributed by atoms with E-state index in [9.17, 15) is 0 Å². The molecule has 25 heavy (non-hydrogen) atoms. The molecule has 0 saturated carbocycles. The summed E-state index contributed by atoms with van der Waals surface area (Å²) in [5.74, 6) is 0. The minimum Gasteiger partial charge on any atom is -0.359 e. The first-order chi connectivity index (χ1) is 12.0. The third-order valence-corrected chi connectivity index (χ3v) is 4.87. The van der Waals surface area contributed by atoms with Crippen LogP contribution in [0.3, 0.4) is 0 Å². The van der Waals surface area contributed by atoms with Crippen molar-refractivity contribution in [2.45, 2.75) is 20.8 Å². The van der Waals surface area contributed by atoms with Gasteiger partial charge < -0.3 is 9.55 Å². The minimum atomic E-state index is 0.985. The molecule has 0 aliphatic carbocycles. The molecule has 0 aliphatic heterocycles. The average molecular weight is 326 g/mol. The fourth-order valence-electron chi connectivity index (χ4n) is 3.76. The Labute approximate surface area is 147 Å². The first kappa shape index (κ1) is 15.5. The predicted molar refractivity (Wildman–Crippen MR) is 110 cm³/mol. The Hall–Kier alpha value is -3.00. The Morgan fingerprint density at radius 3 is 2.52 bits per heavy atom. The molecule has 4 aromatic rings. The number of rotatable bonds is 2. The lowest BCUT2D eigenvalue weighted by atomic mass is 10.0. The van der Waals surface area contributed by atoms with E-state index in [1.54, 1.807) is 0 Å². The smallest absolute Gasteiger partial charge is 0.0537 e. The lowest BCUT2D eigenvalue weighted by molar-refractivity contribution is 1.10. The number of benzene rings is 2. The van der Waals surface area contributed by atoms with Crippen LogP contribution in [0.2, 0.25) is 0 Å². The van der Waals surface area contributed by atoms with Crippen LogP contribution < -0.4 is 10.6 Å². The molecule has 0 radical (unpaired) electrons. The van der Waals surface area contributed by atoms with Gasteiger partial charge in [-0.05, 0) is 61.5 Å². The molecule has 2 heterocycles. The number of hydrogen-bond acceptors (Lipinski definition) is 0. The summed E-state index contributed by atoms with van der Waals surface area (Å²) in [4.78, 5) is 3.42. The summed E-state index contributed by atoms with van der Waals surface area (Å²) in [6, 6.07) is 15.4. The quantitative estimate of drug-likeness (QED) is 0.546. The number of aromatic nitrogens is 2. The second-order valence-electron chi connectivity index (χ2n) is 6.71. The summed E-state index contributed by atoms with van der Waals surface area (Å²) < 4.78 is 2.13. The van der Waals surface area contributed by atoms with Crippen LogP contribution in [0.5, 0.6) is 0 Å². The summed E-state index contributed by atoms with van der Waals surface area (Å²) in [7, 11) is 0. The largest absolute Gasteiger partial charge is 0.359 e. The summed E-state index contributed by atoms with van der Waals surface area (Å²) in [6.45, 7) is 14.5. The lowest BCUT2D eigenvalue weighted by Gasteiger charge is -2.06. The molecule has 0 atom stereocenters. The van der Waals surface area contributed by atoms with Crippen LogP contribution in [0.15, 0.2) is 49.0 Å². The van der Waals surface area contributed by atoms with E-state index < -0.39 is 0 Å². The molecule has 0 amide bonds. The molecule has 1 N–H and O–H groups in total. The van der Waals surface area contributed by atoms with Gasteiger partial charge in [0.1, 0.15) is 0 Å². The van der Waals surface area contributed by atoms with E-state index >= 15 is 0 Å². The molecule has 2 nitrogen and oxygen atoms in total. The number of hydrogen-bond donors (Lipinski definition) is 1. The minimum absolute atomic E-state index is 0.985. The Kier molecular flexibility index (Phi) is 3.43. The molecule has 124 valence electrons. The third-order valence-electron chi connectivity index (χ3n) is 4.87. The van der Waals surface area contributed by atoms with Crippen molar-refractivity contribution >= 4 is 40.2 Å². The second kappa shape index (κ2) is 5.52. The number of nitrogens with zero attached hydrogens (tertiary/aromatic N) is 1. The second-order valence-corrected chi connectivity index (χ2v) is 6.71. The van der Waals surface area contributed by atoms with Crippen molar-refractivity contribution in [2.24, 2.45) is 0 Å². The van der Waals surface area contributed by atoms with Gasteiger partial charge >= 0.3 is 0 Å². The highest BCUT2D eigenvalue weighted by molar-refractivity contribution is 5.91. The maximum Gasteiger partial charge on any atom is 0.0537 e. The lowest BCUT2D eigenvalue weighted by Crippen LogP contribution is -2.26. The SMILES string of the molecule is C=C(C)n1c(=C)/c(=C\C)c2cc(-c3ccc4cc(C)[nH]c4c3)ccc21. The van der Waals surface area contributed by atoms with Gasteiger partial charge in [-0.2, -0.15) is 0 Å². The van der Waals surface area contributed by atoms with Crippen molar-refractivity contribution in [3.05, 3.63) is 65.3 Å². The Balaban J connectivity index is 1.99. The van der Waals surface area contributed by atoms with Crippen molar-refractivity contribution < 1.29 is 0 Å². The molecule has 2 aromatic heterocycles. The van der Waals surface area contributed by atoms with E-state index in [4.69, 9.17) is 0 Å². The summed E-state index contributed by atoms with van der Waals surface area (Å²) in [5.41, 5.74) is 6.93. The van der Waals surface area contributed by atoms with E-state index in [1.807, 2.05) is 6.92 Å². The van der Waals surface area contributed by atoms with Crippen LogP contribution in [0.1, 0.15) is 19.5 Å². The summed E-state index contributed by atoms with van der Waals surface area (Å²) in [6.07, 6.45) is 2.13. The van der Waals surface area contributed by atoms with Gasteiger partial charge in [0, 0.05) is 32.9 Å². The third kappa shape index (κ3) is 2.33. The van der Waals surface area contributed by atoms with Gasteiger partial charge in [-0.3, -0.25) is 0 Å². The van der Waals surface area contributed by atoms with Crippen LogP contribution in [0, 0.1) is 6.92 Å². The molecule has 2 aromatic carbocycles. The van der Waals surface area contributed by atoms with E-state index in [1.165, 1.54) is 38.3 Å². The number of aryl methyl sites for hydroxylation is 1. The number of allylic oxidation sites excluding steroid dienone is 1. The van der Waals surface area contributed by atoms with Crippen LogP contribution in [-0.4, -0.2) is 9.55 Å². The normalized spacial score (nSPS) is 12.4. The van der Waals surface area contributed by atoms with Gasteiger partial charge in [0.2, 0.25) is 0 Å². The monoisotopic (exact) mass is 326 g/mol. The van der Waals surface area contributed by atoms with Gasteiger partial charge in [0.25, 0.3) is 0 Å². The summed E-state index contributed by atoms with van der Waals surface area (Å²) in [5, 5.41) is 4.64. The van der Waals surface area contributed by atoms with Crippen molar-refractivity contribution in [2.75, 3.05) is 0 Å². The van der Waals surface area contributed by atoms with Gasteiger partial charge in [0.15, 0.2) is 0 Å². The fraction of sp³-hybridized carbons (Fsp3) is 0.130. The molecule has 0 unspecified atom stereocenters. The maximum absolute atomic E-state index is 4.26. The van der Waals surface area contributed by atoms with Crippen molar-refractivity contribution in [3.63, 3.8) is 0 Å². The molecule has 0 saturated heterocycles. The average Bonchev–Trinajstić information content (AvgIpc) is 3.08. The van der Waals surface area contributed by atoms with E-state index in [0.29, 0.717) is 0 Å². The molecule has 4 rings (SSSR count). The summed E-state index contributed by atoms with van der Waals surface area (Å²) >= 11 is 0. The molecule has 0 aliphatic rings. The fourth-order valence-corrected chi connectivity index (χ4v) is 3.76. The number of aromatic amines is 1. The highest BCUT2D eigenvalue weighted by Gasteiger charge is 2.09. The number of fused-ring (bicyclic) bond motifs is 2. The zero-order valence-electron chi connectivity index (χ0n) is 15.0. The van der Waals surface area contributed by atoms with Gasteiger partial charge in [-0.25, -0.2) is 0 Å². The molecule has 0 fully saturated rings. The predicted octanol–water partition coefficient (Wildman–Crippen LogP) is 4.80. The van der Waals surface area contributed by atoms with Crippen LogP contribution in [-0.2, 0) is 0 Å². The van der Waals surface area contributed by atoms with Crippen LogP contribution in [0.4, 0.5) is 0 Å². The van der Waals surface area contributed by atoms with E-state index in [0.717, 1.165) is 16.6 Å². The topological polar surface area (TPSA) is 20.7 Å². The zero-order valence-corrected chi connectivity index (χ0v) is 15.0. The molecule has 2 heteroatoms. The Bertz CT molecular complexity index is 1250. The van der Waals surface area contributed by atoms with Crippen molar-refractivity contribution in [1.29, 1.82) is 0 Å². The first-order valence-electron chi connectivity index (χ1n) is 8.55. The van der Waals surface area contributed by atoms with Crippen LogP contribution in [0.25, 0.3) is 51.3 Å². The van der Waals surface area contributed by atoms with Gasteiger partial charge in [-0.15, -0.1) is 0 Å². The van der Waals surface area contributed by atoms with Crippen LogP contribution >= 0.6 is 0 Å². The molecular formula is C23H22N2. The van der Waals surface area contributed by atoms with Crippen molar-refractivity contribution in [3.8, 4) is 11.1 Å². The Morgan fingerprint density at radius 1 is 1.08 bits per heavy atom. The first-order valence-corrected chi connectivity index (χ1v) is 8.55. The van der Waals surface area contributed by atoms with Gasteiger partial charge in [0.05, 0.1) is 5.52 Å². The standard InChI is InChI=1S/C23H22N2/c1-6-20-16(5)25(14(2)3)23-10-9-17(12-21(20)23)18-7-8-19-11-15(4)24-22(19)13-18/h6-13,24H,2,5H2,1,3-4H3/b20-6+. The highest BCUT2D eigenvalue weighted by atomic mass is 15.0. The van der Waals surface area contributed by atoms with E-state index in [-0.39, 0.29) is 0 Å². The Morgan fingerprint density at radius 2 is 1.80 bits per heavy atom. The highest BCUT2D eigenvalue weighted by Crippen LogP contribution is 2.27. The van der Waals surface area contributed by atoms with Gasteiger partial charge in [-0.1, -0.05) is 37.4 Å². The van der Waals surface area contributed by atoms with E-state index in [2.05, 4.69) is 85.1 Å². The van der Waals surface area contributed by atoms with Crippen molar-refractivity contribution in [1.82, 2.24) is 9.55 Å².